The lowest BCUT2D eigenvalue weighted by molar-refractivity contribution is -0.127. The van der Waals surface area contributed by atoms with Crippen LogP contribution in [0.4, 0.5) is 10.5 Å². The third-order valence-electron chi connectivity index (χ3n) is 5.25. The van der Waals surface area contributed by atoms with Gasteiger partial charge in [0, 0.05) is 20.7 Å². The van der Waals surface area contributed by atoms with Gasteiger partial charge in [-0.3, -0.25) is 19.3 Å². The van der Waals surface area contributed by atoms with Crippen molar-refractivity contribution in [2.75, 3.05) is 11.9 Å². The molecule has 4 rings (SSSR count). The molecule has 3 aromatic carbocycles. The average molecular weight is 586 g/mol. The number of carbonyl (C=O) groups excluding carboxylic acids is 3. The van der Waals surface area contributed by atoms with E-state index in [0.29, 0.717) is 28.6 Å². The molecule has 0 spiro atoms. The molecule has 184 valence electrons. The van der Waals surface area contributed by atoms with Crippen LogP contribution >= 0.6 is 39.3 Å². The Morgan fingerprint density at radius 1 is 1.06 bits per heavy atom. The molecule has 1 aliphatic heterocycles. The van der Waals surface area contributed by atoms with Crippen LogP contribution in [0.3, 0.4) is 0 Å². The number of nitrogens with zero attached hydrogens (tertiary/aromatic N) is 1. The molecule has 0 radical (unpaired) electrons. The second kappa shape index (κ2) is 11.3. The number of rotatable bonds is 7. The van der Waals surface area contributed by atoms with E-state index in [-0.39, 0.29) is 11.4 Å². The molecule has 1 aliphatic rings. The maximum Gasteiger partial charge on any atom is 0.294 e. The molecule has 3 aromatic rings. The quantitative estimate of drug-likeness (QED) is 0.303. The van der Waals surface area contributed by atoms with Gasteiger partial charge in [-0.15, -0.1) is 0 Å². The molecular weight excluding hydrogens is 564 g/mol. The van der Waals surface area contributed by atoms with Crippen molar-refractivity contribution in [1.82, 2.24) is 4.90 Å². The number of amides is 3. The fourth-order valence-corrected chi connectivity index (χ4v) is 5.01. The number of carbonyl (C=O) groups is 3. The molecule has 0 aromatic heterocycles. The van der Waals surface area contributed by atoms with Crippen molar-refractivity contribution in [3.63, 3.8) is 0 Å². The summed E-state index contributed by atoms with van der Waals surface area (Å²) < 4.78 is 6.77. The number of anilines is 1. The Bertz CT molecular complexity index is 1350. The smallest absolute Gasteiger partial charge is 0.294 e. The predicted octanol–water partition coefficient (Wildman–Crippen LogP) is 6.97. The topological polar surface area (TPSA) is 75.7 Å². The van der Waals surface area contributed by atoms with E-state index in [1.165, 1.54) is 0 Å². The van der Waals surface area contributed by atoms with Crippen LogP contribution < -0.4 is 10.1 Å². The number of hydrogen-bond acceptors (Lipinski definition) is 5. The third kappa shape index (κ3) is 6.57. The molecule has 0 unspecified atom stereocenters. The molecule has 9 heteroatoms. The SMILES string of the molecule is Cc1cc(C)cc(NC(=O)CN2C(=O)S/C(=C/c3cc(Br)ccc3OCc3ccc(Cl)cc3)C2=O)c1. The number of aryl methyl sites for hydroxylation is 2. The molecular formula is C27H22BrClN2O4S. The Morgan fingerprint density at radius 2 is 1.75 bits per heavy atom. The van der Waals surface area contributed by atoms with E-state index >= 15 is 0 Å². The van der Waals surface area contributed by atoms with Crippen molar-refractivity contribution in [1.29, 1.82) is 0 Å². The largest absolute Gasteiger partial charge is 0.488 e. The van der Waals surface area contributed by atoms with Crippen LogP contribution in [-0.2, 0) is 16.2 Å². The molecule has 36 heavy (non-hydrogen) atoms. The summed E-state index contributed by atoms with van der Waals surface area (Å²) in [5.41, 5.74) is 4.19. The number of benzene rings is 3. The predicted molar refractivity (Wildman–Crippen MR) is 147 cm³/mol. The molecule has 1 fully saturated rings. The van der Waals surface area contributed by atoms with Crippen LogP contribution in [0, 0.1) is 13.8 Å². The molecule has 6 nitrogen and oxygen atoms in total. The fourth-order valence-electron chi connectivity index (χ4n) is 3.67. The number of ether oxygens (including phenoxy) is 1. The maximum absolute atomic E-state index is 13.0. The van der Waals surface area contributed by atoms with Crippen LogP contribution in [0.5, 0.6) is 5.75 Å². The Balaban J connectivity index is 1.48. The molecule has 0 atom stereocenters. The average Bonchev–Trinajstić information content (AvgIpc) is 3.06. The van der Waals surface area contributed by atoms with Crippen LogP contribution in [0.2, 0.25) is 5.02 Å². The minimum absolute atomic E-state index is 0.216. The van der Waals surface area contributed by atoms with Crippen molar-refractivity contribution in [2.24, 2.45) is 0 Å². The maximum atomic E-state index is 13.0. The van der Waals surface area contributed by atoms with Crippen molar-refractivity contribution in [3.05, 3.63) is 97.3 Å². The van der Waals surface area contributed by atoms with Crippen LogP contribution in [0.1, 0.15) is 22.3 Å². The van der Waals surface area contributed by atoms with E-state index in [4.69, 9.17) is 16.3 Å². The fraction of sp³-hybridized carbons (Fsp3) is 0.148. The van der Waals surface area contributed by atoms with Gasteiger partial charge in [-0.05, 0) is 90.8 Å². The number of thioether (sulfide) groups is 1. The van der Waals surface area contributed by atoms with Crippen LogP contribution in [0.15, 0.2) is 70.0 Å². The summed E-state index contributed by atoms with van der Waals surface area (Å²) >= 11 is 10.2. The lowest BCUT2D eigenvalue weighted by atomic mass is 10.1. The van der Waals surface area contributed by atoms with E-state index in [2.05, 4.69) is 21.2 Å². The van der Waals surface area contributed by atoms with Gasteiger partial charge < -0.3 is 10.1 Å². The number of hydrogen-bond donors (Lipinski definition) is 1. The van der Waals surface area contributed by atoms with Gasteiger partial charge in [0.05, 0.1) is 4.91 Å². The highest BCUT2D eigenvalue weighted by molar-refractivity contribution is 9.10. The summed E-state index contributed by atoms with van der Waals surface area (Å²) in [6.45, 7) is 3.80. The van der Waals surface area contributed by atoms with Crippen molar-refractivity contribution in [2.45, 2.75) is 20.5 Å². The summed E-state index contributed by atoms with van der Waals surface area (Å²) in [5.74, 6) is -0.422. The Morgan fingerprint density at radius 3 is 2.44 bits per heavy atom. The Kier molecular flexibility index (Phi) is 8.18. The first-order chi connectivity index (χ1) is 17.2. The van der Waals surface area contributed by atoms with E-state index in [0.717, 1.165) is 37.8 Å². The van der Waals surface area contributed by atoms with Crippen LogP contribution in [0.25, 0.3) is 6.08 Å². The number of imide groups is 1. The van der Waals surface area contributed by atoms with Gasteiger partial charge in [-0.2, -0.15) is 0 Å². The Hall–Kier alpha value is -3.07. The molecule has 1 N–H and O–H groups in total. The van der Waals surface area contributed by atoms with E-state index in [1.54, 1.807) is 30.3 Å². The summed E-state index contributed by atoms with van der Waals surface area (Å²) in [7, 11) is 0. The van der Waals surface area contributed by atoms with Crippen molar-refractivity contribution in [3.8, 4) is 5.75 Å². The third-order valence-corrected chi connectivity index (χ3v) is 6.90. The standard InChI is InChI=1S/C27H22BrClN2O4S/c1-16-9-17(2)11-22(10-16)30-25(32)14-31-26(33)24(36-27(31)34)13-19-12-20(28)5-8-23(19)35-15-18-3-6-21(29)7-4-18/h3-13H,14-15H2,1-2H3,(H,30,32)/b24-13+. The summed E-state index contributed by atoms with van der Waals surface area (Å²) in [5, 5.41) is 2.90. The summed E-state index contributed by atoms with van der Waals surface area (Å²) in [6.07, 6.45) is 1.61. The zero-order valence-corrected chi connectivity index (χ0v) is 22.7. The van der Waals surface area contributed by atoms with E-state index < -0.39 is 17.1 Å². The summed E-state index contributed by atoms with van der Waals surface area (Å²) in [6, 6.07) is 18.4. The molecule has 3 amide bonds. The van der Waals surface area contributed by atoms with Gasteiger partial charge in [0.25, 0.3) is 11.1 Å². The molecule has 1 heterocycles. The molecule has 0 saturated carbocycles. The minimum Gasteiger partial charge on any atom is -0.488 e. The lowest BCUT2D eigenvalue weighted by Crippen LogP contribution is -2.36. The first kappa shape index (κ1) is 26.0. The first-order valence-electron chi connectivity index (χ1n) is 11.0. The number of nitrogens with one attached hydrogen (secondary N) is 1. The normalized spacial score (nSPS) is 14.4. The molecule has 1 saturated heterocycles. The second-order valence-corrected chi connectivity index (χ2v) is 10.6. The van der Waals surface area contributed by atoms with Gasteiger partial charge >= 0.3 is 0 Å². The highest BCUT2D eigenvalue weighted by Gasteiger charge is 2.36. The first-order valence-corrected chi connectivity index (χ1v) is 13.0. The van der Waals surface area contributed by atoms with E-state index in [9.17, 15) is 14.4 Å². The van der Waals surface area contributed by atoms with Gasteiger partial charge in [0.1, 0.15) is 18.9 Å². The zero-order chi connectivity index (χ0) is 25.8. The summed E-state index contributed by atoms with van der Waals surface area (Å²) in [4.78, 5) is 39.3. The zero-order valence-electron chi connectivity index (χ0n) is 19.5. The second-order valence-electron chi connectivity index (χ2n) is 8.29. The van der Waals surface area contributed by atoms with Gasteiger partial charge in [0.2, 0.25) is 5.91 Å². The Labute approximate surface area is 226 Å². The molecule has 0 aliphatic carbocycles. The van der Waals surface area contributed by atoms with Crippen molar-refractivity contribution >= 4 is 68.1 Å². The number of halogens is 2. The lowest BCUT2D eigenvalue weighted by Gasteiger charge is -2.13. The highest BCUT2D eigenvalue weighted by atomic mass is 79.9. The molecule has 0 bridgehead atoms. The monoisotopic (exact) mass is 584 g/mol. The van der Waals surface area contributed by atoms with Gasteiger partial charge in [0.15, 0.2) is 0 Å². The van der Waals surface area contributed by atoms with E-state index in [1.807, 2.05) is 50.2 Å². The minimum atomic E-state index is -0.524. The van der Waals surface area contributed by atoms with Gasteiger partial charge in [-0.25, -0.2) is 0 Å². The highest BCUT2D eigenvalue weighted by Crippen LogP contribution is 2.35. The van der Waals surface area contributed by atoms with Crippen LogP contribution in [-0.4, -0.2) is 28.5 Å². The van der Waals surface area contributed by atoms with Crippen molar-refractivity contribution < 1.29 is 19.1 Å². The van der Waals surface area contributed by atoms with Gasteiger partial charge in [-0.1, -0.05) is 45.7 Å².